The molecule has 0 saturated carbocycles. The number of aromatic nitrogens is 2. The first-order valence-electron chi connectivity index (χ1n) is 8.74. The molecule has 1 aliphatic heterocycles. The van der Waals surface area contributed by atoms with Gasteiger partial charge in [-0.2, -0.15) is 5.10 Å². The number of anilines is 1. The van der Waals surface area contributed by atoms with Crippen LogP contribution in [0.15, 0.2) is 12.1 Å². The first kappa shape index (κ1) is 17.2. The van der Waals surface area contributed by atoms with Crippen molar-refractivity contribution in [2.75, 3.05) is 18.0 Å². The van der Waals surface area contributed by atoms with E-state index in [9.17, 15) is 0 Å². The van der Waals surface area contributed by atoms with Gasteiger partial charge >= 0.3 is 0 Å². The van der Waals surface area contributed by atoms with Crippen LogP contribution in [-0.2, 0) is 5.41 Å². The molecule has 0 amide bonds. The summed E-state index contributed by atoms with van der Waals surface area (Å²) in [6.07, 6.45) is 5.28. The van der Waals surface area contributed by atoms with Gasteiger partial charge < -0.3 is 4.90 Å². The van der Waals surface area contributed by atoms with Crippen LogP contribution in [0.4, 0.5) is 5.82 Å². The van der Waals surface area contributed by atoms with Gasteiger partial charge in [-0.25, -0.2) is 0 Å². The zero-order chi connectivity index (χ0) is 16.4. The number of rotatable bonds is 3. The van der Waals surface area contributed by atoms with Crippen LogP contribution in [0.5, 0.6) is 0 Å². The van der Waals surface area contributed by atoms with Gasteiger partial charge in [-0.15, -0.1) is 5.10 Å². The predicted octanol–water partition coefficient (Wildman–Crippen LogP) is 4.82. The Balaban J connectivity index is 1.86. The third-order valence-corrected chi connectivity index (χ3v) is 4.66. The Bertz CT molecular complexity index is 457. The molecule has 3 heteroatoms. The van der Waals surface area contributed by atoms with E-state index in [1.807, 2.05) is 0 Å². The molecular formula is C19H33N3. The Morgan fingerprint density at radius 2 is 1.64 bits per heavy atom. The van der Waals surface area contributed by atoms with Crippen molar-refractivity contribution in [1.29, 1.82) is 0 Å². The second-order valence-electron chi connectivity index (χ2n) is 9.06. The Morgan fingerprint density at radius 3 is 2.09 bits per heavy atom. The van der Waals surface area contributed by atoms with Crippen molar-refractivity contribution in [3.63, 3.8) is 0 Å². The molecule has 1 saturated heterocycles. The van der Waals surface area contributed by atoms with Crippen LogP contribution < -0.4 is 4.90 Å². The molecule has 2 heterocycles. The number of hydrogen-bond acceptors (Lipinski definition) is 3. The van der Waals surface area contributed by atoms with E-state index < -0.39 is 0 Å². The van der Waals surface area contributed by atoms with Gasteiger partial charge in [-0.3, -0.25) is 0 Å². The van der Waals surface area contributed by atoms with E-state index in [0.29, 0.717) is 5.41 Å². The summed E-state index contributed by atoms with van der Waals surface area (Å²) < 4.78 is 0. The van der Waals surface area contributed by atoms with E-state index >= 15 is 0 Å². The summed E-state index contributed by atoms with van der Waals surface area (Å²) in [5.41, 5.74) is 1.60. The summed E-state index contributed by atoms with van der Waals surface area (Å²) in [5.74, 6) is 1.93. The summed E-state index contributed by atoms with van der Waals surface area (Å²) in [6.45, 7) is 15.8. The van der Waals surface area contributed by atoms with Crippen LogP contribution in [0.2, 0.25) is 0 Å². The van der Waals surface area contributed by atoms with Crippen LogP contribution in [0.3, 0.4) is 0 Å². The fourth-order valence-corrected chi connectivity index (χ4v) is 2.98. The lowest BCUT2D eigenvalue weighted by molar-refractivity contribution is 0.292. The number of piperidine rings is 1. The molecule has 2 rings (SSSR count). The molecule has 1 aromatic heterocycles. The standard InChI is InChI=1S/C19H33N3/c1-18(2,3)12-9-15-10-13-22(14-11-15)17-8-7-16(20-21-17)19(4,5)6/h7-8,15H,9-14H2,1-6H3. The van der Waals surface area contributed by atoms with Gasteiger partial charge in [0.25, 0.3) is 0 Å². The molecule has 0 N–H and O–H groups in total. The van der Waals surface area contributed by atoms with Crippen LogP contribution in [0.25, 0.3) is 0 Å². The minimum absolute atomic E-state index is 0.0749. The molecule has 0 bridgehead atoms. The zero-order valence-corrected chi connectivity index (χ0v) is 15.3. The molecule has 0 unspecified atom stereocenters. The van der Waals surface area contributed by atoms with E-state index in [1.54, 1.807) is 0 Å². The van der Waals surface area contributed by atoms with Gasteiger partial charge in [0.2, 0.25) is 0 Å². The lowest BCUT2D eigenvalue weighted by atomic mass is 9.83. The van der Waals surface area contributed by atoms with Crippen molar-refractivity contribution in [3.05, 3.63) is 17.8 Å². The molecule has 0 spiro atoms. The molecule has 1 aliphatic rings. The van der Waals surface area contributed by atoms with Crippen molar-refractivity contribution < 1.29 is 0 Å². The normalized spacial score (nSPS) is 17.8. The van der Waals surface area contributed by atoms with Crippen molar-refractivity contribution in [2.45, 2.75) is 72.6 Å². The van der Waals surface area contributed by atoms with Gasteiger partial charge in [0, 0.05) is 18.5 Å². The van der Waals surface area contributed by atoms with E-state index in [1.165, 1.54) is 25.7 Å². The fourth-order valence-electron chi connectivity index (χ4n) is 2.98. The second-order valence-corrected chi connectivity index (χ2v) is 9.06. The molecule has 1 aromatic rings. The van der Waals surface area contributed by atoms with Crippen LogP contribution in [0.1, 0.15) is 72.9 Å². The summed E-state index contributed by atoms with van der Waals surface area (Å²) >= 11 is 0. The largest absolute Gasteiger partial charge is 0.355 e. The quantitative estimate of drug-likeness (QED) is 0.802. The van der Waals surface area contributed by atoms with Crippen molar-refractivity contribution in [2.24, 2.45) is 11.3 Å². The highest BCUT2D eigenvalue weighted by Crippen LogP contribution is 2.30. The van der Waals surface area contributed by atoms with E-state index in [-0.39, 0.29) is 5.41 Å². The summed E-state index contributed by atoms with van der Waals surface area (Å²) in [6, 6.07) is 4.27. The summed E-state index contributed by atoms with van der Waals surface area (Å²) in [7, 11) is 0. The van der Waals surface area contributed by atoms with Crippen molar-refractivity contribution in [3.8, 4) is 0 Å². The molecule has 0 atom stereocenters. The molecule has 0 aliphatic carbocycles. The van der Waals surface area contributed by atoms with Crippen molar-refractivity contribution in [1.82, 2.24) is 10.2 Å². The lowest BCUT2D eigenvalue weighted by Gasteiger charge is -2.33. The fraction of sp³-hybridized carbons (Fsp3) is 0.789. The van der Waals surface area contributed by atoms with Crippen LogP contribution in [-0.4, -0.2) is 23.3 Å². The first-order chi connectivity index (χ1) is 10.1. The number of hydrogen-bond donors (Lipinski definition) is 0. The maximum Gasteiger partial charge on any atom is 0.151 e. The highest BCUT2D eigenvalue weighted by molar-refractivity contribution is 5.38. The average Bonchev–Trinajstić information content (AvgIpc) is 2.44. The lowest BCUT2D eigenvalue weighted by Crippen LogP contribution is -2.34. The predicted molar refractivity (Wildman–Crippen MR) is 94.4 cm³/mol. The maximum absolute atomic E-state index is 4.46. The molecule has 22 heavy (non-hydrogen) atoms. The SMILES string of the molecule is CC(C)(C)CCC1CCN(c2ccc(C(C)(C)C)nn2)CC1. The van der Waals surface area contributed by atoms with Crippen LogP contribution in [0, 0.1) is 11.3 Å². The minimum atomic E-state index is 0.0749. The Labute approximate surface area is 136 Å². The minimum Gasteiger partial charge on any atom is -0.355 e. The molecule has 1 fully saturated rings. The van der Waals surface area contributed by atoms with Crippen molar-refractivity contribution >= 4 is 5.82 Å². The monoisotopic (exact) mass is 303 g/mol. The Kier molecular flexibility index (Phi) is 5.14. The smallest absolute Gasteiger partial charge is 0.151 e. The third kappa shape index (κ3) is 4.96. The molecule has 0 aromatic carbocycles. The van der Waals surface area contributed by atoms with E-state index in [4.69, 9.17) is 0 Å². The Morgan fingerprint density at radius 1 is 1.00 bits per heavy atom. The Hall–Kier alpha value is -1.12. The van der Waals surface area contributed by atoms with Gasteiger partial charge in [-0.1, -0.05) is 41.5 Å². The maximum atomic E-state index is 4.46. The third-order valence-electron chi connectivity index (χ3n) is 4.66. The van der Waals surface area contributed by atoms with E-state index in [0.717, 1.165) is 30.5 Å². The van der Waals surface area contributed by atoms with Gasteiger partial charge in [0.05, 0.1) is 5.69 Å². The first-order valence-corrected chi connectivity index (χ1v) is 8.74. The van der Waals surface area contributed by atoms with Gasteiger partial charge in [0.15, 0.2) is 5.82 Å². The second kappa shape index (κ2) is 6.55. The highest BCUT2D eigenvalue weighted by Gasteiger charge is 2.23. The summed E-state index contributed by atoms with van der Waals surface area (Å²) in [4.78, 5) is 2.40. The highest BCUT2D eigenvalue weighted by atomic mass is 15.3. The van der Waals surface area contributed by atoms with E-state index in [2.05, 4.69) is 68.8 Å². The molecular weight excluding hydrogens is 270 g/mol. The van der Waals surface area contributed by atoms with Gasteiger partial charge in [0.1, 0.15) is 0 Å². The average molecular weight is 303 g/mol. The summed E-state index contributed by atoms with van der Waals surface area (Å²) in [5, 5.41) is 8.88. The molecule has 3 nitrogen and oxygen atoms in total. The molecule has 124 valence electrons. The van der Waals surface area contributed by atoms with Crippen LogP contribution >= 0.6 is 0 Å². The van der Waals surface area contributed by atoms with Gasteiger partial charge in [-0.05, 0) is 49.1 Å². The topological polar surface area (TPSA) is 29.0 Å². The number of nitrogens with zero attached hydrogens (tertiary/aromatic N) is 3. The zero-order valence-electron chi connectivity index (χ0n) is 15.3. The molecule has 0 radical (unpaired) electrons.